The molecule has 156 valence electrons. The Morgan fingerprint density at radius 1 is 1.13 bits per heavy atom. The number of pyridine rings is 2. The molecule has 3 heterocycles. The third-order valence-corrected chi connectivity index (χ3v) is 5.79. The minimum absolute atomic E-state index is 0.471. The monoisotopic (exact) mass is 402 g/mol. The zero-order valence-electron chi connectivity index (χ0n) is 17.8. The largest absolute Gasteiger partial charge is 0.497 e. The van der Waals surface area contributed by atoms with Gasteiger partial charge in [0.05, 0.1) is 7.11 Å². The molecule has 0 radical (unpaired) electrons. The second kappa shape index (κ2) is 9.72. The maximum absolute atomic E-state index is 5.35. The lowest BCUT2D eigenvalue weighted by atomic mass is 9.93. The van der Waals surface area contributed by atoms with Gasteiger partial charge in [-0.25, -0.2) is 4.98 Å². The molecule has 1 fully saturated rings. The molecule has 5 heteroatoms. The van der Waals surface area contributed by atoms with Crippen molar-refractivity contribution in [1.29, 1.82) is 0 Å². The van der Waals surface area contributed by atoms with Crippen molar-refractivity contribution in [2.45, 2.75) is 31.7 Å². The van der Waals surface area contributed by atoms with Crippen molar-refractivity contribution in [3.05, 3.63) is 83.3 Å². The summed E-state index contributed by atoms with van der Waals surface area (Å²) in [6.07, 6.45) is 5.05. The van der Waals surface area contributed by atoms with E-state index in [4.69, 9.17) is 9.72 Å². The lowest BCUT2D eigenvalue weighted by Gasteiger charge is -2.33. The summed E-state index contributed by atoms with van der Waals surface area (Å²) in [6.45, 7) is 3.08. The summed E-state index contributed by atoms with van der Waals surface area (Å²) in [6, 6.07) is 18.9. The molecule has 30 heavy (non-hydrogen) atoms. The molecule has 0 spiro atoms. The van der Waals surface area contributed by atoms with Crippen LogP contribution in [0, 0.1) is 0 Å². The number of hydrogen-bond acceptors (Lipinski definition) is 5. The van der Waals surface area contributed by atoms with E-state index in [1.807, 2.05) is 31.4 Å². The van der Waals surface area contributed by atoms with Gasteiger partial charge < -0.3 is 10.1 Å². The number of nitrogens with zero attached hydrogens (tertiary/aromatic N) is 3. The number of rotatable bonds is 7. The SMILES string of the molecule is CNc1ncccc1CN1CCC[C@@H](c2cccc(Cc3cccc(OC)c3)n2)C1. The van der Waals surface area contributed by atoms with E-state index in [2.05, 4.69) is 51.6 Å². The van der Waals surface area contributed by atoms with Gasteiger partial charge in [0, 0.05) is 55.6 Å². The third-order valence-electron chi connectivity index (χ3n) is 5.79. The van der Waals surface area contributed by atoms with E-state index in [0.29, 0.717) is 5.92 Å². The number of piperidine rings is 1. The predicted octanol–water partition coefficient (Wildman–Crippen LogP) is 4.50. The van der Waals surface area contributed by atoms with Crippen LogP contribution in [0.15, 0.2) is 60.8 Å². The zero-order chi connectivity index (χ0) is 20.8. The highest BCUT2D eigenvalue weighted by atomic mass is 16.5. The first-order chi connectivity index (χ1) is 14.7. The van der Waals surface area contributed by atoms with Crippen LogP contribution >= 0.6 is 0 Å². The molecule has 1 aromatic carbocycles. The highest BCUT2D eigenvalue weighted by Gasteiger charge is 2.23. The van der Waals surface area contributed by atoms with Crippen LogP contribution in [0.5, 0.6) is 5.75 Å². The molecule has 0 unspecified atom stereocenters. The quantitative estimate of drug-likeness (QED) is 0.631. The molecule has 4 rings (SSSR count). The topological polar surface area (TPSA) is 50.3 Å². The van der Waals surface area contributed by atoms with Gasteiger partial charge in [0.1, 0.15) is 11.6 Å². The summed E-state index contributed by atoms with van der Waals surface area (Å²) < 4.78 is 5.35. The van der Waals surface area contributed by atoms with Gasteiger partial charge in [-0.05, 0) is 55.3 Å². The Balaban J connectivity index is 1.45. The Bertz CT molecular complexity index is 975. The third kappa shape index (κ3) is 4.97. The van der Waals surface area contributed by atoms with Crippen molar-refractivity contribution in [3.63, 3.8) is 0 Å². The predicted molar refractivity (Wildman–Crippen MR) is 121 cm³/mol. The van der Waals surface area contributed by atoms with Crippen molar-refractivity contribution in [3.8, 4) is 5.75 Å². The minimum Gasteiger partial charge on any atom is -0.497 e. The first-order valence-electron chi connectivity index (χ1n) is 10.7. The van der Waals surface area contributed by atoms with Crippen LogP contribution in [0.2, 0.25) is 0 Å². The number of anilines is 1. The molecule has 1 atom stereocenters. The van der Waals surface area contributed by atoms with Gasteiger partial charge >= 0.3 is 0 Å². The van der Waals surface area contributed by atoms with Crippen LogP contribution in [-0.2, 0) is 13.0 Å². The van der Waals surface area contributed by atoms with E-state index < -0.39 is 0 Å². The van der Waals surface area contributed by atoms with Gasteiger partial charge in [0.15, 0.2) is 0 Å². The van der Waals surface area contributed by atoms with Gasteiger partial charge in [0.2, 0.25) is 0 Å². The maximum atomic E-state index is 5.35. The fourth-order valence-corrected chi connectivity index (χ4v) is 4.29. The van der Waals surface area contributed by atoms with Crippen molar-refractivity contribution >= 4 is 5.82 Å². The molecule has 0 saturated carbocycles. The first kappa shape index (κ1) is 20.4. The molecule has 3 aromatic rings. The van der Waals surface area contributed by atoms with E-state index in [1.165, 1.54) is 29.7 Å². The normalized spacial score (nSPS) is 16.9. The summed E-state index contributed by atoms with van der Waals surface area (Å²) in [7, 11) is 3.64. The Morgan fingerprint density at radius 3 is 2.90 bits per heavy atom. The highest BCUT2D eigenvalue weighted by molar-refractivity contribution is 5.42. The van der Waals surface area contributed by atoms with Gasteiger partial charge in [-0.1, -0.05) is 24.3 Å². The summed E-state index contributed by atoms with van der Waals surface area (Å²) >= 11 is 0. The second-order valence-electron chi connectivity index (χ2n) is 7.92. The fraction of sp³-hybridized carbons (Fsp3) is 0.360. The van der Waals surface area contributed by atoms with Crippen molar-refractivity contribution in [2.24, 2.45) is 0 Å². The Kier molecular flexibility index (Phi) is 6.60. The first-order valence-corrected chi connectivity index (χ1v) is 10.7. The average molecular weight is 403 g/mol. The molecule has 5 nitrogen and oxygen atoms in total. The summed E-state index contributed by atoms with van der Waals surface area (Å²) in [5.74, 6) is 2.33. The molecule has 1 aliphatic rings. The van der Waals surface area contributed by atoms with Crippen molar-refractivity contribution in [2.75, 3.05) is 32.6 Å². The Labute approximate surface area is 179 Å². The molecule has 1 aliphatic heterocycles. The molecule has 1 saturated heterocycles. The Hall–Kier alpha value is -2.92. The summed E-state index contributed by atoms with van der Waals surface area (Å²) in [5, 5.41) is 3.21. The van der Waals surface area contributed by atoms with E-state index in [-0.39, 0.29) is 0 Å². The van der Waals surface area contributed by atoms with Crippen LogP contribution < -0.4 is 10.1 Å². The number of hydrogen-bond donors (Lipinski definition) is 1. The van der Waals surface area contributed by atoms with Crippen LogP contribution in [0.25, 0.3) is 0 Å². The van der Waals surface area contributed by atoms with E-state index in [9.17, 15) is 0 Å². The number of nitrogens with one attached hydrogen (secondary N) is 1. The number of ether oxygens (including phenoxy) is 1. The number of benzene rings is 1. The van der Waals surface area contributed by atoms with Gasteiger partial charge in [-0.3, -0.25) is 9.88 Å². The lowest BCUT2D eigenvalue weighted by molar-refractivity contribution is 0.198. The average Bonchev–Trinajstić information content (AvgIpc) is 2.80. The summed E-state index contributed by atoms with van der Waals surface area (Å²) in [4.78, 5) is 12.0. The molecule has 0 aliphatic carbocycles. The van der Waals surface area contributed by atoms with Crippen LogP contribution in [0.1, 0.15) is 41.3 Å². The fourth-order valence-electron chi connectivity index (χ4n) is 4.29. The number of aromatic nitrogens is 2. The van der Waals surface area contributed by atoms with Gasteiger partial charge in [-0.2, -0.15) is 0 Å². The molecule has 2 aromatic heterocycles. The standard InChI is InChI=1S/C25H30N4O/c1-26-25-21(8-5-13-27-25)18-29-14-6-9-20(17-29)24-12-4-10-22(28-24)15-19-7-3-11-23(16-19)30-2/h3-5,7-8,10-13,16,20H,6,9,14-15,17-18H2,1-2H3,(H,26,27)/t20-/m1/s1. The smallest absolute Gasteiger partial charge is 0.130 e. The van der Waals surface area contributed by atoms with Gasteiger partial charge in [-0.15, -0.1) is 0 Å². The van der Waals surface area contributed by atoms with Gasteiger partial charge in [0.25, 0.3) is 0 Å². The lowest BCUT2D eigenvalue weighted by Crippen LogP contribution is -2.34. The second-order valence-corrected chi connectivity index (χ2v) is 7.92. The maximum Gasteiger partial charge on any atom is 0.130 e. The van der Waals surface area contributed by atoms with Crippen molar-refractivity contribution < 1.29 is 4.74 Å². The molecular formula is C25H30N4O. The number of likely N-dealkylation sites (tertiary alicyclic amines) is 1. The molecule has 1 N–H and O–H groups in total. The van der Waals surface area contributed by atoms with Crippen LogP contribution in [0.3, 0.4) is 0 Å². The van der Waals surface area contributed by atoms with E-state index in [0.717, 1.165) is 43.3 Å². The minimum atomic E-state index is 0.471. The number of methoxy groups -OCH3 is 1. The molecule has 0 bridgehead atoms. The Morgan fingerprint density at radius 2 is 2.03 bits per heavy atom. The van der Waals surface area contributed by atoms with E-state index >= 15 is 0 Å². The zero-order valence-corrected chi connectivity index (χ0v) is 17.8. The summed E-state index contributed by atoms with van der Waals surface area (Å²) in [5.41, 5.74) is 4.79. The molecular weight excluding hydrogens is 372 g/mol. The molecule has 0 amide bonds. The van der Waals surface area contributed by atoms with Crippen LogP contribution in [0.4, 0.5) is 5.82 Å². The van der Waals surface area contributed by atoms with Crippen LogP contribution in [-0.4, -0.2) is 42.1 Å². The van der Waals surface area contributed by atoms with Crippen molar-refractivity contribution in [1.82, 2.24) is 14.9 Å². The highest BCUT2D eigenvalue weighted by Crippen LogP contribution is 2.28. The van der Waals surface area contributed by atoms with E-state index in [1.54, 1.807) is 7.11 Å².